The number of nitrogens with one attached hydrogen (secondary N) is 3. The van der Waals surface area contributed by atoms with Crippen molar-refractivity contribution in [3.8, 4) is 0 Å². The molecule has 0 bridgehead atoms. The summed E-state index contributed by atoms with van der Waals surface area (Å²) in [7, 11) is 1.64. The standard InChI is InChI=1S/C18H31N3O4/c1-12(10-20-15-7-8-16(22)21-18(15)23)17(24-3)13(2)25-11-14-6-4-5-9-19-14/h13-15,17,19-20H,1,4-11H2,2-3H3,(H,21,22,23)/t13-,14-,15?,17?/m1/s1. The molecule has 2 heterocycles. The molecule has 0 aliphatic carbocycles. The van der Waals surface area contributed by atoms with Gasteiger partial charge >= 0.3 is 0 Å². The van der Waals surface area contributed by atoms with E-state index in [1.807, 2.05) is 6.92 Å². The van der Waals surface area contributed by atoms with Gasteiger partial charge in [0.25, 0.3) is 0 Å². The van der Waals surface area contributed by atoms with Crippen LogP contribution in [-0.2, 0) is 19.1 Å². The van der Waals surface area contributed by atoms with Gasteiger partial charge in [0.1, 0.15) is 6.10 Å². The molecule has 2 rings (SSSR count). The largest absolute Gasteiger partial charge is 0.374 e. The Morgan fingerprint density at radius 3 is 2.80 bits per heavy atom. The fourth-order valence-corrected chi connectivity index (χ4v) is 3.36. The molecule has 0 saturated carbocycles. The molecule has 2 saturated heterocycles. The molecule has 3 N–H and O–H groups in total. The lowest BCUT2D eigenvalue weighted by molar-refractivity contribution is -0.134. The van der Waals surface area contributed by atoms with Crippen molar-refractivity contribution >= 4 is 11.8 Å². The maximum atomic E-state index is 11.8. The maximum absolute atomic E-state index is 11.8. The van der Waals surface area contributed by atoms with E-state index >= 15 is 0 Å². The highest BCUT2D eigenvalue weighted by atomic mass is 16.5. The third-order valence-corrected chi connectivity index (χ3v) is 4.87. The molecule has 0 aromatic carbocycles. The van der Waals surface area contributed by atoms with E-state index in [9.17, 15) is 9.59 Å². The van der Waals surface area contributed by atoms with Crippen LogP contribution >= 0.6 is 0 Å². The number of piperidine rings is 2. The third kappa shape index (κ3) is 6.18. The zero-order chi connectivity index (χ0) is 18.2. The Labute approximate surface area is 149 Å². The van der Waals surface area contributed by atoms with Crippen molar-refractivity contribution in [1.29, 1.82) is 0 Å². The molecule has 7 heteroatoms. The molecule has 2 aliphatic rings. The summed E-state index contributed by atoms with van der Waals surface area (Å²) in [5, 5.41) is 8.96. The van der Waals surface area contributed by atoms with E-state index in [4.69, 9.17) is 9.47 Å². The monoisotopic (exact) mass is 353 g/mol. The Bertz CT molecular complexity index is 477. The third-order valence-electron chi connectivity index (χ3n) is 4.87. The number of hydrogen-bond donors (Lipinski definition) is 3. The summed E-state index contributed by atoms with van der Waals surface area (Å²) in [4.78, 5) is 23.0. The summed E-state index contributed by atoms with van der Waals surface area (Å²) in [6, 6.07) is 0.0400. The average Bonchev–Trinajstić information content (AvgIpc) is 2.60. The predicted octanol–water partition coefficient (Wildman–Crippen LogP) is 0.500. The van der Waals surface area contributed by atoms with E-state index in [0.29, 0.717) is 32.0 Å². The zero-order valence-corrected chi connectivity index (χ0v) is 15.3. The molecule has 0 spiro atoms. The van der Waals surface area contributed by atoms with Crippen molar-refractivity contribution in [3.05, 3.63) is 12.2 Å². The average molecular weight is 353 g/mol. The van der Waals surface area contributed by atoms with Crippen molar-refractivity contribution in [2.45, 2.75) is 63.3 Å². The quantitative estimate of drug-likeness (QED) is 0.413. The maximum Gasteiger partial charge on any atom is 0.243 e. The highest BCUT2D eigenvalue weighted by Gasteiger charge is 2.28. The van der Waals surface area contributed by atoms with E-state index in [1.54, 1.807) is 7.11 Å². The second-order valence-electron chi connectivity index (χ2n) is 6.88. The number of hydrogen-bond acceptors (Lipinski definition) is 6. The second kappa shape index (κ2) is 10.0. The molecule has 0 aromatic rings. The SMILES string of the molecule is C=C(CNC1CCC(=O)NC1=O)C(OC)[C@@H](C)OC[C@H]1CCCCN1. The first-order valence-electron chi connectivity index (χ1n) is 9.13. The van der Waals surface area contributed by atoms with Gasteiger partial charge in [0.05, 0.1) is 18.8 Å². The lowest BCUT2D eigenvalue weighted by Crippen LogP contribution is -2.51. The van der Waals surface area contributed by atoms with Crippen LogP contribution in [0.2, 0.25) is 0 Å². The first-order chi connectivity index (χ1) is 12.0. The zero-order valence-electron chi connectivity index (χ0n) is 15.3. The van der Waals surface area contributed by atoms with Crippen LogP contribution in [0.25, 0.3) is 0 Å². The van der Waals surface area contributed by atoms with Gasteiger partial charge in [-0.3, -0.25) is 14.9 Å². The minimum absolute atomic E-state index is 0.121. The number of ether oxygens (including phenoxy) is 2. The van der Waals surface area contributed by atoms with E-state index in [1.165, 1.54) is 12.8 Å². The molecule has 4 atom stereocenters. The van der Waals surface area contributed by atoms with Gasteiger partial charge in [-0.1, -0.05) is 13.0 Å². The minimum atomic E-state index is -0.366. The van der Waals surface area contributed by atoms with Crippen LogP contribution in [0.5, 0.6) is 0 Å². The van der Waals surface area contributed by atoms with Gasteiger partial charge in [-0.05, 0) is 38.3 Å². The molecule has 2 fully saturated rings. The fraction of sp³-hybridized carbons (Fsp3) is 0.778. The number of methoxy groups -OCH3 is 1. The molecule has 142 valence electrons. The van der Waals surface area contributed by atoms with Crippen LogP contribution in [0.4, 0.5) is 0 Å². The molecule has 2 amide bonds. The molecule has 7 nitrogen and oxygen atoms in total. The van der Waals surface area contributed by atoms with Gasteiger partial charge in [0, 0.05) is 26.1 Å². The van der Waals surface area contributed by atoms with Crippen LogP contribution in [0.15, 0.2) is 12.2 Å². The number of carbonyl (C=O) groups excluding carboxylic acids is 2. The Balaban J connectivity index is 1.74. The molecule has 25 heavy (non-hydrogen) atoms. The Morgan fingerprint density at radius 1 is 1.36 bits per heavy atom. The summed E-state index contributed by atoms with van der Waals surface area (Å²) in [5.41, 5.74) is 0.830. The topological polar surface area (TPSA) is 88.7 Å². The predicted molar refractivity (Wildman–Crippen MR) is 95.2 cm³/mol. The lowest BCUT2D eigenvalue weighted by atomic mass is 10.0. The Morgan fingerprint density at radius 2 is 2.16 bits per heavy atom. The molecule has 0 aromatic heterocycles. The first kappa shape index (κ1) is 20.0. The van der Waals surface area contributed by atoms with Crippen LogP contribution in [0, 0.1) is 0 Å². The smallest absolute Gasteiger partial charge is 0.243 e. The molecule has 2 unspecified atom stereocenters. The number of amides is 2. The normalized spacial score (nSPS) is 26.8. The highest BCUT2D eigenvalue weighted by Crippen LogP contribution is 2.15. The second-order valence-corrected chi connectivity index (χ2v) is 6.88. The van der Waals surface area contributed by atoms with Gasteiger partial charge < -0.3 is 20.1 Å². The van der Waals surface area contributed by atoms with Gasteiger partial charge in [-0.15, -0.1) is 0 Å². The Kier molecular flexibility index (Phi) is 8.02. The van der Waals surface area contributed by atoms with E-state index < -0.39 is 0 Å². The summed E-state index contributed by atoms with van der Waals surface area (Å²) >= 11 is 0. The van der Waals surface area contributed by atoms with E-state index in [0.717, 1.165) is 18.5 Å². The van der Waals surface area contributed by atoms with Crippen molar-refractivity contribution in [2.75, 3.05) is 26.8 Å². The molecule has 0 radical (unpaired) electrons. The summed E-state index contributed by atoms with van der Waals surface area (Å²) in [6.07, 6.45) is 4.12. The number of rotatable bonds is 9. The van der Waals surface area contributed by atoms with Gasteiger partial charge in [-0.25, -0.2) is 0 Å². The number of imide groups is 1. The van der Waals surface area contributed by atoms with Crippen LogP contribution < -0.4 is 16.0 Å². The molecular weight excluding hydrogens is 322 g/mol. The van der Waals surface area contributed by atoms with Crippen molar-refractivity contribution in [1.82, 2.24) is 16.0 Å². The van der Waals surface area contributed by atoms with E-state index in [-0.39, 0.29) is 30.1 Å². The van der Waals surface area contributed by atoms with Crippen molar-refractivity contribution < 1.29 is 19.1 Å². The van der Waals surface area contributed by atoms with Gasteiger partial charge in [-0.2, -0.15) is 0 Å². The minimum Gasteiger partial charge on any atom is -0.374 e. The fourth-order valence-electron chi connectivity index (χ4n) is 3.36. The lowest BCUT2D eigenvalue weighted by Gasteiger charge is -2.30. The summed E-state index contributed by atoms with van der Waals surface area (Å²) in [6.45, 7) is 8.23. The van der Waals surface area contributed by atoms with Crippen molar-refractivity contribution in [3.63, 3.8) is 0 Å². The Hall–Kier alpha value is -1.28. The van der Waals surface area contributed by atoms with E-state index in [2.05, 4.69) is 22.5 Å². The van der Waals surface area contributed by atoms with Crippen molar-refractivity contribution in [2.24, 2.45) is 0 Å². The first-order valence-corrected chi connectivity index (χ1v) is 9.13. The van der Waals surface area contributed by atoms with Crippen LogP contribution in [0.3, 0.4) is 0 Å². The van der Waals surface area contributed by atoms with Gasteiger partial charge in [0.15, 0.2) is 0 Å². The van der Waals surface area contributed by atoms with Crippen LogP contribution in [0.1, 0.15) is 39.0 Å². The molecular formula is C18H31N3O4. The number of carbonyl (C=O) groups is 2. The molecule has 2 aliphatic heterocycles. The van der Waals surface area contributed by atoms with Gasteiger partial charge in [0.2, 0.25) is 11.8 Å². The summed E-state index contributed by atoms with van der Waals surface area (Å²) < 4.78 is 11.5. The summed E-state index contributed by atoms with van der Waals surface area (Å²) in [5.74, 6) is -0.485. The highest BCUT2D eigenvalue weighted by molar-refractivity contribution is 6.00. The van der Waals surface area contributed by atoms with Crippen LogP contribution in [-0.4, -0.2) is 62.9 Å².